The molecule has 0 spiro atoms. The molecule has 32 heavy (non-hydrogen) atoms. The van der Waals surface area contributed by atoms with Gasteiger partial charge in [0.15, 0.2) is 5.96 Å². The Morgan fingerprint density at radius 1 is 0.969 bits per heavy atom. The molecule has 1 aromatic heterocycles. The van der Waals surface area contributed by atoms with Gasteiger partial charge in [-0.15, -0.1) is 0 Å². The zero-order valence-electron chi connectivity index (χ0n) is 19.0. The highest BCUT2D eigenvalue weighted by molar-refractivity contribution is 5.79. The van der Waals surface area contributed by atoms with Crippen molar-refractivity contribution >= 4 is 5.96 Å². The summed E-state index contributed by atoms with van der Waals surface area (Å²) in [6.07, 6.45) is 4.64. The van der Waals surface area contributed by atoms with Crippen LogP contribution in [0.4, 0.5) is 0 Å². The van der Waals surface area contributed by atoms with Crippen LogP contribution in [0.15, 0.2) is 72.0 Å². The van der Waals surface area contributed by atoms with E-state index in [0.717, 1.165) is 36.8 Å². The lowest BCUT2D eigenvalue weighted by Crippen LogP contribution is -2.37. The van der Waals surface area contributed by atoms with Gasteiger partial charge in [-0.05, 0) is 48.2 Å². The summed E-state index contributed by atoms with van der Waals surface area (Å²) >= 11 is 0. The fourth-order valence-corrected chi connectivity index (χ4v) is 3.25. The molecule has 2 aromatic carbocycles. The standard InChI is InChI=1S/C25H33N5O2/c1-3-31-16-17-32-20-23-7-4-6-22(18-23)19-28-25(26-2)27-14-12-21-8-10-24(11-9-21)30-15-5-13-29-30/h4-11,13,15,18H,3,12,14,16-17,19-20H2,1-2H3,(H2,26,27,28). The first-order valence-corrected chi connectivity index (χ1v) is 11.0. The lowest BCUT2D eigenvalue weighted by atomic mass is 10.1. The maximum atomic E-state index is 5.66. The zero-order chi connectivity index (χ0) is 22.4. The molecule has 7 nitrogen and oxygen atoms in total. The number of hydrogen-bond donors (Lipinski definition) is 2. The van der Waals surface area contributed by atoms with Gasteiger partial charge in [-0.3, -0.25) is 4.99 Å². The summed E-state index contributed by atoms with van der Waals surface area (Å²) in [5, 5.41) is 11.0. The number of aliphatic imine (C=N–C) groups is 1. The number of ether oxygens (including phenoxy) is 2. The molecular weight excluding hydrogens is 402 g/mol. The lowest BCUT2D eigenvalue weighted by Gasteiger charge is -2.13. The molecule has 0 saturated heterocycles. The van der Waals surface area contributed by atoms with Crippen LogP contribution in [-0.4, -0.2) is 49.2 Å². The maximum Gasteiger partial charge on any atom is 0.191 e. The second-order valence-corrected chi connectivity index (χ2v) is 7.29. The summed E-state index contributed by atoms with van der Waals surface area (Å²) in [4.78, 5) is 4.33. The highest BCUT2D eigenvalue weighted by Gasteiger charge is 2.02. The molecule has 1 heterocycles. The third-order valence-corrected chi connectivity index (χ3v) is 4.93. The van der Waals surface area contributed by atoms with E-state index >= 15 is 0 Å². The van der Waals surface area contributed by atoms with Crippen molar-refractivity contribution in [1.82, 2.24) is 20.4 Å². The number of hydrogen-bond acceptors (Lipinski definition) is 4. The molecule has 0 bridgehead atoms. The van der Waals surface area contributed by atoms with Crippen LogP contribution in [0.3, 0.4) is 0 Å². The van der Waals surface area contributed by atoms with Crippen molar-refractivity contribution in [2.24, 2.45) is 4.99 Å². The van der Waals surface area contributed by atoms with E-state index in [9.17, 15) is 0 Å². The molecule has 0 aliphatic rings. The molecule has 3 rings (SSSR count). The molecule has 2 N–H and O–H groups in total. The Bertz CT molecular complexity index is 939. The minimum atomic E-state index is 0.590. The highest BCUT2D eigenvalue weighted by atomic mass is 16.5. The Kier molecular flexibility index (Phi) is 9.76. The summed E-state index contributed by atoms with van der Waals surface area (Å²) in [5.41, 5.74) is 4.67. The molecule has 0 unspecified atom stereocenters. The summed E-state index contributed by atoms with van der Waals surface area (Å²) in [5.74, 6) is 0.788. The number of guanidine groups is 1. The molecule has 170 valence electrons. The fourth-order valence-electron chi connectivity index (χ4n) is 3.25. The monoisotopic (exact) mass is 435 g/mol. The third-order valence-electron chi connectivity index (χ3n) is 4.93. The second kappa shape index (κ2) is 13.3. The van der Waals surface area contributed by atoms with E-state index in [4.69, 9.17) is 9.47 Å². The number of nitrogens with zero attached hydrogens (tertiary/aromatic N) is 3. The summed E-state index contributed by atoms with van der Waals surface area (Å²) < 4.78 is 12.8. The van der Waals surface area contributed by atoms with Crippen molar-refractivity contribution in [1.29, 1.82) is 0 Å². The first kappa shape index (κ1) is 23.5. The summed E-state index contributed by atoms with van der Waals surface area (Å²) in [6, 6.07) is 18.8. The molecular formula is C25H33N5O2. The third kappa shape index (κ3) is 7.83. The Labute approximate surface area is 190 Å². The van der Waals surface area contributed by atoms with Gasteiger partial charge in [0, 0.05) is 39.1 Å². The first-order chi connectivity index (χ1) is 15.8. The van der Waals surface area contributed by atoms with Crippen LogP contribution in [-0.2, 0) is 29.0 Å². The van der Waals surface area contributed by atoms with Gasteiger partial charge in [0.25, 0.3) is 0 Å². The van der Waals surface area contributed by atoms with Gasteiger partial charge in [0.05, 0.1) is 25.5 Å². The van der Waals surface area contributed by atoms with E-state index in [-0.39, 0.29) is 0 Å². The van der Waals surface area contributed by atoms with Gasteiger partial charge < -0.3 is 20.1 Å². The Balaban J connectivity index is 1.39. The fraction of sp³-hybridized carbons (Fsp3) is 0.360. The second-order valence-electron chi connectivity index (χ2n) is 7.29. The maximum absolute atomic E-state index is 5.66. The van der Waals surface area contributed by atoms with Crippen LogP contribution >= 0.6 is 0 Å². The van der Waals surface area contributed by atoms with Crippen LogP contribution < -0.4 is 10.6 Å². The number of aromatic nitrogens is 2. The number of benzene rings is 2. The van der Waals surface area contributed by atoms with Gasteiger partial charge in [-0.25, -0.2) is 4.68 Å². The summed E-state index contributed by atoms with van der Waals surface area (Å²) in [6.45, 7) is 6.04. The van der Waals surface area contributed by atoms with E-state index in [1.165, 1.54) is 11.1 Å². The van der Waals surface area contributed by atoms with Gasteiger partial charge >= 0.3 is 0 Å². The molecule has 0 amide bonds. The van der Waals surface area contributed by atoms with E-state index in [1.807, 2.05) is 23.9 Å². The van der Waals surface area contributed by atoms with Crippen molar-refractivity contribution < 1.29 is 9.47 Å². The van der Waals surface area contributed by atoms with Crippen molar-refractivity contribution in [3.05, 3.63) is 83.7 Å². The van der Waals surface area contributed by atoms with Crippen molar-refractivity contribution in [3.8, 4) is 5.69 Å². The van der Waals surface area contributed by atoms with Gasteiger partial charge in [0.2, 0.25) is 0 Å². The average Bonchev–Trinajstić information content (AvgIpc) is 3.37. The van der Waals surface area contributed by atoms with Gasteiger partial charge in [0.1, 0.15) is 0 Å². The smallest absolute Gasteiger partial charge is 0.191 e. The van der Waals surface area contributed by atoms with E-state index in [2.05, 4.69) is 69.3 Å². The number of rotatable bonds is 12. The van der Waals surface area contributed by atoms with E-state index in [1.54, 1.807) is 13.2 Å². The van der Waals surface area contributed by atoms with Gasteiger partial charge in [-0.1, -0.05) is 36.4 Å². The van der Waals surface area contributed by atoms with Crippen LogP contribution in [0.1, 0.15) is 23.6 Å². The van der Waals surface area contributed by atoms with Gasteiger partial charge in [-0.2, -0.15) is 5.10 Å². The molecule has 0 aliphatic heterocycles. The Morgan fingerprint density at radius 2 is 1.78 bits per heavy atom. The predicted molar refractivity (Wildman–Crippen MR) is 128 cm³/mol. The quantitative estimate of drug-likeness (QED) is 0.259. The Hall–Kier alpha value is -3.16. The molecule has 3 aromatic rings. The molecule has 0 saturated carbocycles. The SMILES string of the molecule is CCOCCOCc1cccc(CNC(=NC)NCCc2ccc(-n3cccn3)cc2)c1. The zero-order valence-corrected chi connectivity index (χ0v) is 19.0. The molecule has 7 heteroatoms. The molecule has 0 aliphatic carbocycles. The first-order valence-electron chi connectivity index (χ1n) is 11.0. The molecule has 0 radical (unpaired) electrons. The Morgan fingerprint density at radius 3 is 2.53 bits per heavy atom. The van der Waals surface area contributed by atoms with Crippen LogP contribution in [0.2, 0.25) is 0 Å². The average molecular weight is 436 g/mol. The van der Waals surface area contributed by atoms with E-state index in [0.29, 0.717) is 26.4 Å². The minimum absolute atomic E-state index is 0.590. The van der Waals surface area contributed by atoms with E-state index < -0.39 is 0 Å². The molecule has 0 atom stereocenters. The van der Waals surface area contributed by atoms with Crippen molar-refractivity contribution in [2.75, 3.05) is 33.4 Å². The number of nitrogens with one attached hydrogen (secondary N) is 2. The lowest BCUT2D eigenvalue weighted by molar-refractivity contribution is 0.0453. The minimum Gasteiger partial charge on any atom is -0.379 e. The highest BCUT2D eigenvalue weighted by Crippen LogP contribution is 2.09. The van der Waals surface area contributed by atoms with Crippen molar-refractivity contribution in [2.45, 2.75) is 26.5 Å². The predicted octanol–water partition coefficient (Wildman–Crippen LogP) is 3.33. The van der Waals surface area contributed by atoms with Crippen LogP contribution in [0.5, 0.6) is 0 Å². The summed E-state index contributed by atoms with van der Waals surface area (Å²) in [7, 11) is 1.79. The topological polar surface area (TPSA) is 72.7 Å². The van der Waals surface area contributed by atoms with Crippen molar-refractivity contribution in [3.63, 3.8) is 0 Å². The normalized spacial score (nSPS) is 11.5. The van der Waals surface area contributed by atoms with Crippen LogP contribution in [0, 0.1) is 0 Å². The molecule has 0 fully saturated rings. The van der Waals surface area contributed by atoms with Crippen LogP contribution in [0.25, 0.3) is 5.69 Å². The largest absolute Gasteiger partial charge is 0.379 e.